The van der Waals surface area contributed by atoms with Crippen molar-refractivity contribution in [2.24, 2.45) is 0 Å². The number of rotatable bonds is 3. The highest BCUT2D eigenvalue weighted by Crippen LogP contribution is 2.14. The molecule has 1 aromatic heterocycles. The Hall–Kier alpha value is -0.840. The molecule has 1 rings (SSSR count). The van der Waals surface area contributed by atoms with Gasteiger partial charge in [-0.05, 0) is 19.1 Å². The van der Waals surface area contributed by atoms with E-state index in [-0.39, 0.29) is 28.9 Å². The summed E-state index contributed by atoms with van der Waals surface area (Å²) in [6.07, 6.45) is 0. The van der Waals surface area contributed by atoms with Crippen LogP contribution in [0.25, 0.3) is 0 Å². The number of hydrogen-bond acceptors (Lipinski definition) is 3. The lowest BCUT2D eigenvalue weighted by atomic mass is 10.2. The second-order valence-electron chi connectivity index (χ2n) is 3.06. The molecule has 0 bridgehead atoms. The van der Waals surface area contributed by atoms with Gasteiger partial charge in [0.15, 0.2) is 0 Å². The molecule has 15 heavy (non-hydrogen) atoms. The fourth-order valence-corrected chi connectivity index (χ4v) is 1.41. The van der Waals surface area contributed by atoms with Crippen molar-refractivity contribution in [2.45, 2.75) is 13.0 Å². The highest BCUT2D eigenvalue weighted by atomic mass is 35.5. The fourth-order valence-electron chi connectivity index (χ4n) is 0.949. The number of nitrogens with zero attached hydrogens (tertiary/aromatic N) is 1. The second-order valence-corrected chi connectivity index (χ2v) is 3.83. The third-order valence-electron chi connectivity index (χ3n) is 1.68. The number of nitrogens with one attached hydrogen (secondary N) is 1. The zero-order valence-corrected chi connectivity index (χ0v) is 9.51. The number of carbonyl (C=O) groups is 1. The summed E-state index contributed by atoms with van der Waals surface area (Å²) in [4.78, 5) is 15.3. The molecule has 0 fully saturated rings. The third-order valence-corrected chi connectivity index (χ3v) is 2.06. The summed E-state index contributed by atoms with van der Waals surface area (Å²) in [6, 6.07) is 2.50. The lowest BCUT2D eigenvalue weighted by molar-refractivity contribution is 0.0922. The normalized spacial score (nSPS) is 12.3. The van der Waals surface area contributed by atoms with Crippen LogP contribution in [-0.2, 0) is 0 Å². The second kappa shape index (κ2) is 5.30. The average Bonchev–Trinajstić information content (AvgIpc) is 2.16. The van der Waals surface area contributed by atoms with Crippen molar-refractivity contribution in [2.75, 3.05) is 6.61 Å². The predicted octanol–water partition coefficient (Wildman–Crippen LogP) is 1.50. The van der Waals surface area contributed by atoms with Crippen LogP contribution in [0.3, 0.4) is 0 Å². The maximum absolute atomic E-state index is 11.6. The van der Waals surface area contributed by atoms with Gasteiger partial charge in [-0.3, -0.25) is 4.79 Å². The molecule has 0 saturated carbocycles. The van der Waals surface area contributed by atoms with Gasteiger partial charge in [0.2, 0.25) is 0 Å². The molecule has 4 nitrogen and oxygen atoms in total. The quantitative estimate of drug-likeness (QED) is 0.798. The molecule has 6 heteroatoms. The number of hydrogen-bond donors (Lipinski definition) is 2. The Morgan fingerprint density at radius 1 is 1.53 bits per heavy atom. The molecule has 2 N–H and O–H groups in total. The summed E-state index contributed by atoms with van der Waals surface area (Å²) in [5.41, 5.74) is 0.320. The van der Waals surface area contributed by atoms with Crippen LogP contribution in [-0.4, -0.2) is 28.6 Å². The number of pyridine rings is 1. The monoisotopic (exact) mass is 248 g/mol. The molecule has 82 valence electrons. The van der Waals surface area contributed by atoms with Crippen LogP contribution in [0.4, 0.5) is 0 Å². The van der Waals surface area contributed by atoms with Crippen molar-refractivity contribution in [3.05, 3.63) is 28.0 Å². The van der Waals surface area contributed by atoms with E-state index in [0.717, 1.165) is 0 Å². The molecule has 0 aliphatic carbocycles. The Morgan fingerprint density at radius 2 is 2.07 bits per heavy atom. The zero-order chi connectivity index (χ0) is 11.4. The Kier molecular flexibility index (Phi) is 4.32. The zero-order valence-electron chi connectivity index (χ0n) is 8.00. The summed E-state index contributed by atoms with van der Waals surface area (Å²) in [7, 11) is 0. The molecule has 0 saturated heterocycles. The summed E-state index contributed by atoms with van der Waals surface area (Å²) < 4.78 is 0. The van der Waals surface area contributed by atoms with E-state index in [2.05, 4.69) is 10.3 Å². The first-order chi connectivity index (χ1) is 7.02. The largest absolute Gasteiger partial charge is 0.394 e. The number of aliphatic hydroxyl groups is 1. The molecule has 0 aliphatic rings. The number of aromatic nitrogens is 1. The van der Waals surface area contributed by atoms with Gasteiger partial charge in [-0.25, -0.2) is 4.98 Å². The van der Waals surface area contributed by atoms with Gasteiger partial charge in [-0.15, -0.1) is 0 Å². The lowest BCUT2D eigenvalue weighted by Gasteiger charge is -2.10. The molecule has 1 atom stereocenters. The minimum atomic E-state index is -0.345. The first kappa shape index (κ1) is 12.2. The van der Waals surface area contributed by atoms with Gasteiger partial charge in [0, 0.05) is 11.6 Å². The van der Waals surface area contributed by atoms with Crippen molar-refractivity contribution in [3.63, 3.8) is 0 Å². The minimum Gasteiger partial charge on any atom is -0.394 e. The van der Waals surface area contributed by atoms with E-state index in [4.69, 9.17) is 28.3 Å². The van der Waals surface area contributed by atoms with E-state index in [0.29, 0.717) is 5.56 Å². The Morgan fingerprint density at radius 3 is 2.53 bits per heavy atom. The van der Waals surface area contributed by atoms with Crippen molar-refractivity contribution in [3.8, 4) is 0 Å². The molecule has 0 radical (unpaired) electrons. The topological polar surface area (TPSA) is 62.2 Å². The average molecular weight is 249 g/mol. The van der Waals surface area contributed by atoms with Crippen LogP contribution < -0.4 is 5.32 Å². The Balaban J connectivity index is 2.82. The maximum atomic E-state index is 11.6. The molecule has 1 aromatic rings. The number of aliphatic hydroxyl groups excluding tert-OH is 1. The fraction of sp³-hybridized carbons (Fsp3) is 0.333. The summed E-state index contributed by atoms with van der Waals surface area (Å²) in [5.74, 6) is -0.345. The molecular weight excluding hydrogens is 239 g/mol. The molecule has 1 heterocycles. The van der Waals surface area contributed by atoms with Crippen LogP contribution in [0.2, 0.25) is 10.3 Å². The smallest absolute Gasteiger partial charge is 0.251 e. The van der Waals surface area contributed by atoms with Gasteiger partial charge in [-0.2, -0.15) is 0 Å². The van der Waals surface area contributed by atoms with Gasteiger partial charge in [0.1, 0.15) is 10.3 Å². The van der Waals surface area contributed by atoms with E-state index in [1.807, 2.05) is 0 Å². The first-order valence-corrected chi connectivity index (χ1v) is 5.03. The van der Waals surface area contributed by atoms with Crippen LogP contribution in [0.15, 0.2) is 12.1 Å². The van der Waals surface area contributed by atoms with Crippen molar-refractivity contribution < 1.29 is 9.90 Å². The number of halogens is 2. The first-order valence-electron chi connectivity index (χ1n) is 4.27. The minimum absolute atomic E-state index is 0.127. The standard InChI is InChI=1S/C9H10Cl2N2O2/c1-5(4-14)12-9(15)6-2-7(10)13-8(11)3-6/h2-3,5,14H,4H2,1H3,(H,12,15)/t5-/m1/s1. The van der Waals surface area contributed by atoms with Crippen molar-refractivity contribution in [1.82, 2.24) is 10.3 Å². The van der Waals surface area contributed by atoms with Crippen LogP contribution in [0.5, 0.6) is 0 Å². The molecule has 0 aliphatic heterocycles. The Labute approximate surface area is 97.2 Å². The predicted molar refractivity (Wildman–Crippen MR) is 58.3 cm³/mol. The van der Waals surface area contributed by atoms with E-state index in [1.54, 1.807) is 6.92 Å². The van der Waals surface area contributed by atoms with Crippen LogP contribution in [0, 0.1) is 0 Å². The van der Waals surface area contributed by atoms with Gasteiger partial charge >= 0.3 is 0 Å². The van der Waals surface area contributed by atoms with Crippen molar-refractivity contribution in [1.29, 1.82) is 0 Å². The van der Waals surface area contributed by atoms with E-state index < -0.39 is 0 Å². The third kappa shape index (κ3) is 3.66. The molecular formula is C9H10Cl2N2O2. The SMILES string of the molecule is C[C@H](CO)NC(=O)c1cc(Cl)nc(Cl)c1. The summed E-state index contributed by atoms with van der Waals surface area (Å²) in [6.45, 7) is 1.56. The maximum Gasteiger partial charge on any atom is 0.251 e. The van der Waals surface area contributed by atoms with Gasteiger partial charge in [-0.1, -0.05) is 23.2 Å². The van der Waals surface area contributed by atoms with E-state index >= 15 is 0 Å². The molecule has 1 amide bonds. The van der Waals surface area contributed by atoms with E-state index in [1.165, 1.54) is 12.1 Å². The van der Waals surface area contributed by atoms with Crippen LogP contribution in [0.1, 0.15) is 17.3 Å². The molecule has 0 unspecified atom stereocenters. The molecule has 0 spiro atoms. The number of carbonyl (C=O) groups excluding carboxylic acids is 1. The van der Waals surface area contributed by atoms with Crippen molar-refractivity contribution >= 4 is 29.1 Å². The van der Waals surface area contributed by atoms with Gasteiger partial charge < -0.3 is 10.4 Å². The summed E-state index contributed by atoms with van der Waals surface area (Å²) >= 11 is 11.3. The van der Waals surface area contributed by atoms with Gasteiger partial charge in [0.25, 0.3) is 5.91 Å². The van der Waals surface area contributed by atoms with Gasteiger partial charge in [0.05, 0.1) is 6.61 Å². The van der Waals surface area contributed by atoms with E-state index in [9.17, 15) is 4.79 Å². The Bertz CT molecular complexity index is 351. The van der Waals surface area contributed by atoms with Crippen LogP contribution >= 0.6 is 23.2 Å². The summed E-state index contributed by atoms with van der Waals surface area (Å²) in [5, 5.41) is 11.6. The lowest BCUT2D eigenvalue weighted by Crippen LogP contribution is -2.35. The highest BCUT2D eigenvalue weighted by Gasteiger charge is 2.10. The number of amides is 1. The highest BCUT2D eigenvalue weighted by molar-refractivity contribution is 6.33. The molecule has 0 aromatic carbocycles.